The Kier molecular flexibility index (Phi) is 5.14. The lowest BCUT2D eigenvalue weighted by Gasteiger charge is -2.09. The number of rotatable bonds is 3. The van der Waals surface area contributed by atoms with Gasteiger partial charge in [0.15, 0.2) is 5.82 Å². The maximum Gasteiger partial charge on any atom is 0.253 e. The van der Waals surface area contributed by atoms with E-state index in [-0.39, 0.29) is 0 Å². The van der Waals surface area contributed by atoms with E-state index in [1.807, 2.05) is 34.8 Å². The Hall–Kier alpha value is -7.05. The highest BCUT2D eigenvalue weighted by Crippen LogP contribution is 2.45. The molecule has 6 nitrogen and oxygen atoms in total. The molecule has 0 aliphatic heterocycles. The van der Waals surface area contributed by atoms with Crippen LogP contribution in [0.3, 0.4) is 0 Å². The normalized spacial score (nSPS) is 12.3. The van der Waals surface area contributed by atoms with Crippen molar-refractivity contribution in [2.24, 2.45) is 0 Å². The molecule has 0 unspecified atom stereocenters. The van der Waals surface area contributed by atoms with Gasteiger partial charge in [0.25, 0.3) is 5.78 Å². The van der Waals surface area contributed by atoms with Gasteiger partial charge in [-0.15, -0.1) is 5.10 Å². The van der Waals surface area contributed by atoms with E-state index in [0.717, 1.165) is 33.4 Å². The molecule has 0 fully saturated rings. The number of hydrogen-bond donors (Lipinski definition) is 0. The van der Waals surface area contributed by atoms with Crippen LogP contribution in [0.2, 0.25) is 0 Å². The zero-order chi connectivity index (χ0) is 33.2. The van der Waals surface area contributed by atoms with Crippen LogP contribution >= 0.6 is 0 Å². The van der Waals surface area contributed by atoms with Gasteiger partial charge in [-0.1, -0.05) is 103 Å². The zero-order valence-corrected chi connectivity index (χ0v) is 27.2. The van der Waals surface area contributed by atoms with E-state index in [0.29, 0.717) is 11.6 Å². The summed E-state index contributed by atoms with van der Waals surface area (Å²) < 4.78 is 6.75. The molecule has 12 rings (SSSR count). The van der Waals surface area contributed by atoms with E-state index in [1.165, 1.54) is 59.9 Å². The fraction of sp³-hybridized carbons (Fsp3) is 0. The lowest BCUT2D eigenvalue weighted by molar-refractivity contribution is 0.988. The van der Waals surface area contributed by atoms with Crippen LogP contribution in [0.5, 0.6) is 0 Å². The van der Waals surface area contributed by atoms with Crippen LogP contribution in [-0.2, 0) is 0 Å². The van der Waals surface area contributed by atoms with E-state index < -0.39 is 0 Å². The van der Waals surface area contributed by atoms with Crippen molar-refractivity contribution in [3.8, 4) is 28.3 Å². The number of para-hydroxylation sites is 3. The predicted octanol–water partition coefficient (Wildman–Crippen LogP) is 10.9. The average Bonchev–Trinajstić information content (AvgIpc) is 3.86. The Morgan fingerprint density at radius 1 is 0.392 bits per heavy atom. The minimum absolute atomic E-state index is 0.579. The number of nitrogens with zero attached hydrogens (tertiary/aromatic N) is 6. The van der Waals surface area contributed by atoms with Crippen molar-refractivity contribution in [3.63, 3.8) is 0 Å². The molecule has 0 N–H and O–H groups in total. The van der Waals surface area contributed by atoms with Crippen LogP contribution in [0.4, 0.5) is 0 Å². The molecule has 0 amide bonds. The predicted molar refractivity (Wildman–Crippen MR) is 208 cm³/mol. The molecular weight excluding hydrogens is 625 g/mol. The van der Waals surface area contributed by atoms with Crippen molar-refractivity contribution in [2.45, 2.75) is 0 Å². The van der Waals surface area contributed by atoms with Gasteiger partial charge in [-0.25, -0.2) is 4.98 Å². The average molecular weight is 651 g/mol. The molecule has 51 heavy (non-hydrogen) atoms. The van der Waals surface area contributed by atoms with Crippen LogP contribution in [0.15, 0.2) is 158 Å². The Balaban J connectivity index is 1.09. The van der Waals surface area contributed by atoms with Crippen LogP contribution < -0.4 is 0 Å². The van der Waals surface area contributed by atoms with Crippen LogP contribution in [0, 0.1) is 0 Å². The Bertz CT molecular complexity index is 3350. The molecule has 6 heteroatoms. The van der Waals surface area contributed by atoms with Crippen molar-refractivity contribution in [1.82, 2.24) is 28.5 Å². The summed E-state index contributed by atoms with van der Waals surface area (Å²) in [6, 6.07) is 56.1. The first-order chi connectivity index (χ1) is 25.3. The van der Waals surface area contributed by atoms with Crippen LogP contribution in [0.25, 0.3) is 105 Å². The lowest BCUT2D eigenvalue weighted by Crippen LogP contribution is -1.97. The van der Waals surface area contributed by atoms with Crippen LogP contribution in [0.1, 0.15) is 0 Å². The molecule has 0 atom stereocenters. The molecule has 0 spiro atoms. The first-order valence-corrected chi connectivity index (χ1v) is 17.2. The molecule has 5 heterocycles. The Morgan fingerprint density at radius 3 is 1.80 bits per heavy atom. The van der Waals surface area contributed by atoms with Crippen molar-refractivity contribution < 1.29 is 0 Å². The zero-order valence-electron chi connectivity index (χ0n) is 27.2. The van der Waals surface area contributed by atoms with Crippen molar-refractivity contribution >= 4 is 76.6 Å². The Morgan fingerprint density at radius 2 is 1.02 bits per heavy atom. The Labute approximate surface area is 290 Å². The summed E-state index contributed by atoms with van der Waals surface area (Å²) in [4.78, 5) is 9.95. The molecular formula is C45H26N6. The second-order valence-corrected chi connectivity index (χ2v) is 13.3. The summed E-state index contributed by atoms with van der Waals surface area (Å²) in [5.74, 6) is 1.22. The minimum Gasteiger partial charge on any atom is -0.309 e. The van der Waals surface area contributed by atoms with Crippen LogP contribution in [-0.4, -0.2) is 28.5 Å². The maximum absolute atomic E-state index is 5.01. The maximum atomic E-state index is 5.01. The largest absolute Gasteiger partial charge is 0.309 e. The van der Waals surface area contributed by atoms with Gasteiger partial charge in [-0.2, -0.15) is 9.50 Å². The fourth-order valence-corrected chi connectivity index (χ4v) is 8.50. The summed E-state index contributed by atoms with van der Waals surface area (Å²) in [5.41, 5.74) is 11.0. The first kappa shape index (κ1) is 26.9. The number of hydrogen-bond acceptors (Lipinski definition) is 3. The van der Waals surface area contributed by atoms with Gasteiger partial charge in [0, 0.05) is 49.1 Å². The van der Waals surface area contributed by atoms with Gasteiger partial charge in [0.1, 0.15) is 0 Å². The van der Waals surface area contributed by atoms with Gasteiger partial charge in [0.2, 0.25) is 0 Å². The van der Waals surface area contributed by atoms with E-state index in [1.54, 1.807) is 0 Å². The van der Waals surface area contributed by atoms with E-state index in [2.05, 4.69) is 136 Å². The minimum atomic E-state index is 0.579. The van der Waals surface area contributed by atoms with E-state index in [9.17, 15) is 0 Å². The highest BCUT2D eigenvalue weighted by Gasteiger charge is 2.23. The van der Waals surface area contributed by atoms with Crippen molar-refractivity contribution in [3.05, 3.63) is 158 Å². The van der Waals surface area contributed by atoms with Gasteiger partial charge in [-0.3, -0.25) is 0 Å². The van der Waals surface area contributed by atoms with E-state index >= 15 is 0 Å². The van der Waals surface area contributed by atoms with E-state index in [4.69, 9.17) is 15.1 Å². The molecule has 12 aromatic rings. The fourth-order valence-electron chi connectivity index (χ4n) is 8.50. The quantitative estimate of drug-likeness (QED) is 0.191. The standard InChI is InChI=1S/C45H26N6/c1-2-11-27(12-3-1)42-34-15-6-9-19-37(34)51-45(46-42)47-44(48-51)28-21-23-29(24-22-28)49-38-20-10-16-32-30-13-4-7-17-35(30)50-36-18-8-5-14-31(36)33-25-26-39(49)41(40(32)38)43(33)50/h1-26H. The molecule has 0 saturated heterocycles. The number of aromatic nitrogens is 6. The second-order valence-electron chi connectivity index (χ2n) is 13.3. The summed E-state index contributed by atoms with van der Waals surface area (Å²) in [6.45, 7) is 0. The summed E-state index contributed by atoms with van der Waals surface area (Å²) in [6.07, 6.45) is 0. The number of fused-ring (bicyclic) bond motifs is 9. The highest BCUT2D eigenvalue weighted by atomic mass is 15.3. The van der Waals surface area contributed by atoms with Crippen molar-refractivity contribution in [1.29, 1.82) is 0 Å². The summed E-state index contributed by atoms with van der Waals surface area (Å²) in [7, 11) is 0. The third-order valence-electron chi connectivity index (χ3n) is 10.6. The molecule has 0 bridgehead atoms. The highest BCUT2D eigenvalue weighted by molar-refractivity contribution is 6.33. The second kappa shape index (κ2) is 9.77. The third-order valence-corrected chi connectivity index (χ3v) is 10.6. The molecule has 0 saturated carbocycles. The molecule has 0 aliphatic carbocycles. The molecule has 0 radical (unpaired) electrons. The first-order valence-electron chi connectivity index (χ1n) is 17.2. The summed E-state index contributed by atoms with van der Waals surface area (Å²) in [5, 5.41) is 13.6. The van der Waals surface area contributed by atoms with Gasteiger partial charge < -0.3 is 8.97 Å². The van der Waals surface area contributed by atoms with Gasteiger partial charge in [0.05, 0.1) is 38.8 Å². The topological polar surface area (TPSA) is 52.4 Å². The van der Waals surface area contributed by atoms with Gasteiger partial charge in [-0.05, 0) is 60.0 Å². The SMILES string of the molecule is c1ccc(-c2nc3nc(-c4ccc(-n5c6cccc7c8ccccc8n8c9ccccc9c9ccc5c(c76)c98)cc4)nn3c3ccccc23)cc1. The van der Waals surface area contributed by atoms with Crippen molar-refractivity contribution in [2.75, 3.05) is 0 Å². The number of benzene rings is 7. The molecule has 5 aromatic heterocycles. The molecule has 7 aromatic carbocycles. The monoisotopic (exact) mass is 650 g/mol. The lowest BCUT2D eigenvalue weighted by atomic mass is 10.0. The molecule has 236 valence electrons. The summed E-state index contributed by atoms with van der Waals surface area (Å²) >= 11 is 0. The smallest absolute Gasteiger partial charge is 0.253 e. The third kappa shape index (κ3) is 3.52. The van der Waals surface area contributed by atoms with Gasteiger partial charge >= 0.3 is 0 Å². The molecule has 0 aliphatic rings.